The molecule has 0 radical (unpaired) electrons. The van der Waals surface area contributed by atoms with E-state index in [1.165, 1.54) is 4.90 Å². The lowest BCUT2D eigenvalue weighted by molar-refractivity contribution is -0.148. The molecule has 1 atom stereocenters. The Morgan fingerprint density at radius 1 is 1.24 bits per heavy atom. The van der Waals surface area contributed by atoms with Crippen LogP contribution in [0.3, 0.4) is 0 Å². The Balaban J connectivity index is 1.57. The second-order valence-corrected chi connectivity index (χ2v) is 5.97. The van der Waals surface area contributed by atoms with E-state index < -0.39 is 12.7 Å². The zero-order valence-electron chi connectivity index (χ0n) is 12.1. The molecule has 0 aromatic heterocycles. The van der Waals surface area contributed by atoms with Crippen molar-refractivity contribution < 1.29 is 22.7 Å². The second-order valence-electron chi connectivity index (χ2n) is 5.97. The first-order valence-corrected chi connectivity index (χ1v) is 7.58. The summed E-state index contributed by atoms with van der Waals surface area (Å²) < 4.78 is 42.0. The number of nitrogens with zero attached hydrogens (tertiary/aromatic N) is 1. The van der Waals surface area contributed by atoms with Gasteiger partial charge in [-0.25, -0.2) is 0 Å². The average Bonchev–Trinajstić information content (AvgIpc) is 2.93. The number of halogens is 3. The lowest BCUT2D eigenvalue weighted by Gasteiger charge is -2.32. The largest absolute Gasteiger partial charge is 0.401 e. The van der Waals surface area contributed by atoms with E-state index in [0.717, 1.165) is 25.7 Å². The van der Waals surface area contributed by atoms with Gasteiger partial charge in [0.15, 0.2) is 0 Å². The van der Waals surface area contributed by atoms with Gasteiger partial charge in [0.2, 0.25) is 5.91 Å². The van der Waals surface area contributed by atoms with Crippen LogP contribution in [0.4, 0.5) is 13.2 Å². The highest BCUT2D eigenvalue weighted by Crippen LogP contribution is 2.24. The van der Waals surface area contributed by atoms with Gasteiger partial charge in [-0.2, -0.15) is 13.2 Å². The summed E-state index contributed by atoms with van der Waals surface area (Å²) in [6.45, 7) is 1.94. The number of likely N-dealkylation sites (tertiary alicyclic amines) is 1. The van der Waals surface area contributed by atoms with E-state index >= 15 is 0 Å². The molecular weight excluding hydrogens is 285 g/mol. The molecule has 0 spiro atoms. The topological polar surface area (TPSA) is 41.6 Å². The van der Waals surface area contributed by atoms with Gasteiger partial charge in [0.1, 0.15) is 0 Å². The highest BCUT2D eigenvalue weighted by molar-refractivity contribution is 5.78. The van der Waals surface area contributed by atoms with Crippen LogP contribution in [0, 0.1) is 11.8 Å². The van der Waals surface area contributed by atoms with E-state index in [4.69, 9.17) is 4.74 Å². The molecule has 7 heteroatoms. The first kappa shape index (κ1) is 16.5. The fourth-order valence-electron chi connectivity index (χ4n) is 2.97. The summed E-state index contributed by atoms with van der Waals surface area (Å²) in [5, 5.41) is 2.91. The lowest BCUT2D eigenvalue weighted by Crippen LogP contribution is -2.40. The summed E-state index contributed by atoms with van der Waals surface area (Å²) in [6, 6.07) is 0. The molecule has 2 fully saturated rings. The maximum absolute atomic E-state index is 12.3. The molecule has 0 aromatic rings. The number of rotatable bonds is 5. The zero-order valence-corrected chi connectivity index (χ0v) is 12.1. The summed E-state index contributed by atoms with van der Waals surface area (Å²) in [5.41, 5.74) is 0. The van der Waals surface area contributed by atoms with Crippen molar-refractivity contribution >= 4 is 5.91 Å². The number of piperidine rings is 1. The molecule has 2 aliphatic rings. The molecule has 1 amide bonds. The molecule has 0 aromatic carbocycles. The average molecular weight is 308 g/mol. The minimum Gasteiger partial charge on any atom is -0.381 e. The molecule has 4 nitrogen and oxygen atoms in total. The predicted molar refractivity (Wildman–Crippen MR) is 71.8 cm³/mol. The molecule has 1 N–H and O–H groups in total. The smallest absolute Gasteiger partial charge is 0.381 e. The number of amides is 1. The van der Waals surface area contributed by atoms with Gasteiger partial charge in [0.25, 0.3) is 0 Å². The molecule has 0 aliphatic carbocycles. The Kier molecular flexibility index (Phi) is 5.87. The van der Waals surface area contributed by atoms with Gasteiger partial charge in [-0.15, -0.1) is 0 Å². The number of alkyl halides is 3. The third-order valence-corrected chi connectivity index (χ3v) is 4.26. The van der Waals surface area contributed by atoms with E-state index in [2.05, 4.69) is 5.32 Å². The van der Waals surface area contributed by atoms with Gasteiger partial charge in [-0.05, 0) is 44.7 Å². The Hall–Kier alpha value is -0.820. The fraction of sp³-hybridized carbons (Fsp3) is 0.929. The Labute approximate surface area is 123 Å². The van der Waals surface area contributed by atoms with Gasteiger partial charge in [-0.3, -0.25) is 9.69 Å². The lowest BCUT2D eigenvalue weighted by atomic mass is 9.93. The molecule has 0 saturated carbocycles. The third-order valence-electron chi connectivity index (χ3n) is 4.26. The van der Waals surface area contributed by atoms with Crippen molar-refractivity contribution in [2.24, 2.45) is 11.8 Å². The molecule has 0 unspecified atom stereocenters. The molecule has 21 heavy (non-hydrogen) atoms. The van der Waals surface area contributed by atoms with Crippen molar-refractivity contribution in [3.63, 3.8) is 0 Å². The number of ether oxygens (including phenoxy) is 1. The van der Waals surface area contributed by atoms with Crippen molar-refractivity contribution in [1.29, 1.82) is 0 Å². The quantitative estimate of drug-likeness (QED) is 0.842. The van der Waals surface area contributed by atoms with E-state index in [9.17, 15) is 18.0 Å². The summed E-state index contributed by atoms with van der Waals surface area (Å²) in [4.78, 5) is 13.2. The number of carbonyl (C=O) groups is 1. The SMILES string of the molecule is O=C(NCCC1CCN(CC(F)(F)F)CC1)[C@@H]1CCOC1. The molecular formula is C14H23F3N2O2. The van der Waals surface area contributed by atoms with Crippen LogP contribution in [-0.2, 0) is 9.53 Å². The number of hydrogen-bond acceptors (Lipinski definition) is 3. The maximum atomic E-state index is 12.3. The summed E-state index contributed by atoms with van der Waals surface area (Å²) in [7, 11) is 0. The number of nitrogens with one attached hydrogen (secondary N) is 1. The Morgan fingerprint density at radius 2 is 1.95 bits per heavy atom. The Bertz CT molecular complexity index is 336. The monoisotopic (exact) mass is 308 g/mol. The van der Waals surface area contributed by atoms with Crippen molar-refractivity contribution in [1.82, 2.24) is 10.2 Å². The van der Waals surface area contributed by atoms with Crippen molar-refractivity contribution in [3.05, 3.63) is 0 Å². The van der Waals surface area contributed by atoms with Crippen LogP contribution in [0.1, 0.15) is 25.7 Å². The van der Waals surface area contributed by atoms with E-state index in [1.807, 2.05) is 0 Å². The van der Waals surface area contributed by atoms with Crippen LogP contribution in [0.5, 0.6) is 0 Å². The zero-order chi connectivity index (χ0) is 15.3. The van der Waals surface area contributed by atoms with Crippen LogP contribution in [-0.4, -0.2) is 56.4 Å². The van der Waals surface area contributed by atoms with Gasteiger partial charge < -0.3 is 10.1 Å². The minimum absolute atomic E-state index is 0.0290. The Morgan fingerprint density at radius 3 is 2.52 bits per heavy atom. The highest BCUT2D eigenvalue weighted by Gasteiger charge is 2.32. The van der Waals surface area contributed by atoms with Crippen molar-refractivity contribution in [3.8, 4) is 0 Å². The summed E-state index contributed by atoms with van der Waals surface area (Å²) >= 11 is 0. The summed E-state index contributed by atoms with van der Waals surface area (Å²) in [5.74, 6) is 0.426. The fourth-order valence-corrected chi connectivity index (χ4v) is 2.97. The van der Waals surface area contributed by atoms with Crippen LogP contribution in [0.15, 0.2) is 0 Å². The third kappa shape index (κ3) is 5.82. The minimum atomic E-state index is -4.11. The van der Waals surface area contributed by atoms with Crippen LogP contribution in [0.2, 0.25) is 0 Å². The standard InChI is InChI=1S/C14H23F3N2O2/c15-14(16,17)10-19-6-2-11(3-7-19)1-5-18-13(20)12-4-8-21-9-12/h11-12H,1-10H2,(H,18,20)/t12-/m1/s1. The van der Waals surface area contributed by atoms with Crippen LogP contribution >= 0.6 is 0 Å². The number of hydrogen-bond donors (Lipinski definition) is 1. The van der Waals surface area contributed by atoms with Gasteiger partial charge in [-0.1, -0.05) is 0 Å². The molecule has 2 saturated heterocycles. The highest BCUT2D eigenvalue weighted by atomic mass is 19.4. The first-order chi connectivity index (χ1) is 9.94. The van der Waals surface area contributed by atoms with E-state index in [1.54, 1.807) is 0 Å². The van der Waals surface area contributed by atoms with Gasteiger partial charge in [0.05, 0.1) is 19.1 Å². The second kappa shape index (κ2) is 7.45. The van der Waals surface area contributed by atoms with Crippen LogP contribution < -0.4 is 5.32 Å². The van der Waals surface area contributed by atoms with Crippen molar-refractivity contribution in [2.75, 3.05) is 39.4 Å². The first-order valence-electron chi connectivity index (χ1n) is 7.58. The maximum Gasteiger partial charge on any atom is 0.401 e. The molecule has 2 rings (SSSR count). The van der Waals surface area contributed by atoms with E-state index in [0.29, 0.717) is 38.8 Å². The number of carbonyl (C=O) groups excluding carboxylic acids is 1. The summed E-state index contributed by atoms with van der Waals surface area (Å²) in [6.07, 6.45) is -0.929. The van der Waals surface area contributed by atoms with Crippen LogP contribution in [0.25, 0.3) is 0 Å². The molecule has 122 valence electrons. The van der Waals surface area contributed by atoms with Crippen molar-refractivity contribution in [2.45, 2.75) is 31.9 Å². The van der Waals surface area contributed by atoms with Gasteiger partial charge in [0, 0.05) is 13.2 Å². The normalized spacial score (nSPS) is 25.2. The van der Waals surface area contributed by atoms with E-state index in [-0.39, 0.29) is 11.8 Å². The molecule has 2 heterocycles. The molecule has 2 aliphatic heterocycles. The predicted octanol–water partition coefficient (Wildman–Crippen LogP) is 1.80. The van der Waals surface area contributed by atoms with Gasteiger partial charge >= 0.3 is 6.18 Å². The molecule has 0 bridgehead atoms.